The third-order valence-corrected chi connectivity index (χ3v) is 1.96. The predicted octanol–water partition coefficient (Wildman–Crippen LogP) is 3.55. The standard InChI is InChI=1S/C14H19N3/c1-11(16-10-14(2,3)4)17-13(15)12-8-6-5-7-9-12/h5-10,15H,1-4H3. The van der Waals surface area contributed by atoms with Crippen LogP contribution < -0.4 is 0 Å². The van der Waals surface area contributed by atoms with E-state index in [1.54, 1.807) is 6.92 Å². The molecule has 0 unspecified atom stereocenters. The van der Waals surface area contributed by atoms with Crippen molar-refractivity contribution in [2.75, 3.05) is 0 Å². The van der Waals surface area contributed by atoms with Crippen molar-refractivity contribution >= 4 is 17.9 Å². The molecule has 0 amide bonds. The zero-order chi connectivity index (χ0) is 12.9. The molecule has 0 radical (unpaired) electrons. The van der Waals surface area contributed by atoms with E-state index in [2.05, 4.69) is 30.8 Å². The molecule has 0 fully saturated rings. The van der Waals surface area contributed by atoms with Crippen LogP contribution in [-0.2, 0) is 0 Å². The molecule has 1 aromatic rings. The fourth-order valence-corrected chi connectivity index (χ4v) is 1.14. The fraction of sp³-hybridized carbons (Fsp3) is 0.357. The van der Waals surface area contributed by atoms with Crippen molar-refractivity contribution in [3.05, 3.63) is 35.9 Å². The van der Waals surface area contributed by atoms with Gasteiger partial charge >= 0.3 is 0 Å². The Balaban J connectivity index is 2.77. The van der Waals surface area contributed by atoms with Crippen molar-refractivity contribution in [3.63, 3.8) is 0 Å². The minimum atomic E-state index is 0.0334. The van der Waals surface area contributed by atoms with E-state index >= 15 is 0 Å². The number of amidine groups is 2. The Morgan fingerprint density at radius 1 is 1.18 bits per heavy atom. The molecular weight excluding hydrogens is 210 g/mol. The van der Waals surface area contributed by atoms with Crippen LogP contribution >= 0.6 is 0 Å². The van der Waals surface area contributed by atoms with E-state index < -0.39 is 0 Å². The van der Waals surface area contributed by atoms with E-state index in [4.69, 9.17) is 5.41 Å². The molecule has 3 nitrogen and oxygen atoms in total. The van der Waals surface area contributed by atoms with Crippen molar-refractivity contribution < 1.29 is 0 Å². The maximum atomic E-state index is 7.83. The van der Waals surface area contributed by atoms with Gasteiger partial charge in [-0.1, -0.05) is 51.1 Å². The second-order valence-corrected chi connectivity index (χ2v) is 5.00. The van der Waals surface area contributed by atoms with Crippen LogP contribution in [0.5, 0.6) is 0 Å². The first-order valence-electron chi connectivity index (χ1n) is 5.63. The Hall–Kier alpha value is -1.77. The number of nitrogens with zero attached hydrogens (tertiary/aromatic N) is 2. The molecule has 1 aromatic carbocycles. The summed E-state index contributed by atoms with van der Waals surface area (Å²) < 4.78 is 0. The lowest BCUT2D eigenvalue weighted by atomic mass is 9.99. The van der Waals surface area contributed by atoms with E-state index in [9.17, 15) is 0 Å². The summed E-state index contributed by atoms with van der Waals surface area (Å²) >= 11 is 0. The molecule has 0 saturated heterocycles. The van der Waals surface area contributed by atoms with Crippen molar-refractivity contribution in [2.24, 2.45) is 15.4 Å². The third kappa shape index (κ3) is 5.20. The minimum Gasteiger partial charge on any atom is -0.282 e. The van der Waals surface area contributed by atoms with Crippen LogP contribution in [0.3, 0.4) is 0 Å². The maximum absolute atomic E-state index is 7.83. The summed E-state index contributed by atoms with van der Waals surface area (Å²) in [5.74, 6) is 0.850. The Morgan fingerprint density at radius 3 is 2.29 bits per heavy atom. The highest BCUT2D eigenvalue weighted by Crippen LogP contribution is 2.08. The Morgan fingerprint density at radius 2 is 1.76 bits per heavy atom. The molecule has 0 spiro atoms. The van der Waals surface area contributed by atoms with Gasteiger partial charge in [0.15, 0.2) is 5.84 Å². The number of nitrogens with one attached hydrogen (secondary N) is 1. The minimum absolute atomic E-state index is 0.0334. The van der Waals surface area contributed by atoms with Gasteiger partial charge in [-0.2, -0.15) is 0 Å². The molecule has 0 aromatic heterocycles. The SMILES string of the molecule is CC(N=CC(C)(C)C)=NC(=N)c1ccccc1. The lowest BCUT2D eigenvalue weighted by molar-refractivity contribution is 0.607. The first-order chi connectivity index (χ1) is 7.88. The summed E-state index contributed by atoms with van der Waals surface area (Å²) in [6.45, 7) is 8.03. The summed E-state index contributed by atoms with van der Waals surface area (Å²) in [4.78, 5) is 8.40. The number of hydrogen-bond donors (Lipinski definition) is 1. The highest BCUT2D eigenvalue weighted by Gasteiger charge is 2.05. The van der Waals surface area contributed by atoms with Crippen molar-refractivity contribution in [2.45, 2.75) is 27.7 Å². The molecule has 1 rings (SSSR count). The van der Waals surface area contributed by atoms with E-state index in [1.165, 1.54) is 0 Å². The topological polar surface area (TPSA) is 48.6 Å². The quantitative estimate of drug-likeness (QED) is 0.565. The molecule has 0 aliphatic carbocycles. The number of benzene rings is 1. The van der Waals surface area contributed by atoms with Crippen LogP contribution in [0, 0.1) is 10.8 Å². The molecule has 0 atom stereocenters. The molecule has 1 N–H and O–H groups in total. The highest BCUT2D eigenvalue weighted by molar-refractivity contribution is 6.05. The second-order valence-electron chi connectivity index (χ2n) is 5.00. The van der Waals surface area contributed by atoms with Gasteiger partial charge in [0.2, 0.25) is 0 Å². The average Bonchev–Trinajstić information content (AvgIpc) is 2.27. The molecule has 0 heterocycles. The van der Waals surface area contributed by atoms with Gasteiger partial charge in [0.25, 0.3) is 0 Å². The van der Waals surface area contributed by atoms with Crippen LogP contribution in [0.25, 0.3) is 0 Å². The van der Waals surface area contributed by atoms with Crippen LogP contribution in [0.15, 0.2) is 40.3 Å². The first-order valence-corrected chi connectivity index (χ1v) is 5.63. The van der Waals surface area contributed by atoms with E-state index in [-0.39, 0.29) is 11.3 Å². The van der Waals surface area contributed by atoms with Gasteiger partial charge in [0.05, 0.1) is 0 Å². The third-order valence-electron chi connectivity index (χ3n) is 1.96. The van der Waals surface area contributed by atoms with Gasteiger partial charge in [-0.25, -0.2) is 9.98 Å². The van der Waals surface area contributed by atoms with Gasteiger partial charge in [0.1, 0.15) is 5.84 Å². The molecule has 0 saturated carbocycles. The smallest absolute Gasteiger partial charge is 0.153 e. The molecule has 3 heteroatoms. The van der Waals surface area contributed by atoms with E-state index in [0.29, 0.717) is 5.84 Å². The molecular formula is C14H19N3. The average molecular weight is 229 g/mol. The normalized spacial score (nSPS) is 13.1. The zero-order valence-electron chi connectivity index (χ0n) is 10.9. The molecule has 90 valence electrons. The van der Waals surface area contributed by atoms with Crippen molar-refractivity contribution in [1.29, 1.82) is 5.41 Å². The summed E-state index contributed by atoms with van der Waals surface area (Å²) in [6.07, 6.45) is 1.85. The van der Waals surface area contributed by atoms with Crippen LogP contribution in [0.2, 0.25) is 0 Å². The predicted molar refractivity (Wildman–Crippen MR) is 74.3 cm³/mol. The van der Waals surface area contributed by atoms with E-state index in [0.717, 1.165) is 5.56 Å². The van der Waals surface area contributed by atoms with Gasteiger partial charge in [-0.15, -0.1) is 0 Å². The van der Waals surface area contributed by atoms with Crippen molar-refractivity contribution in [3.8, 4) is 0 Å². The van der Waals surface area contributed by atoms with Crippen molar-refractivity contribution in [1.82, 2.24) is 0 Å². The summed E-state index contributed by atoms with van der Waals surface area (Å²) in [5, 5.41) is 7.83. The Labute approximate surface area is 103 Å². The number of aliphatic imine (C=N–C) groups is 2. The zero-order valence-corrected chi connectivity index (χ0v) is 10.9. The summed E-state index contributed by atoms with van der Waals surface area (Å²) in [7, 11) is 0. The number of rotatable bonds is 1. The Kier molecular flexibility index (Phi) is 4.32. The Bertz CT molecular complexity index is 436. The maximum Gasteiger partial charge on any atom is 0.153 e. The van der Waals surface area contributed by atoms with Gasteiger partial charge in [0, 0.05) is 11.8 Å². The van der Waals surface area contributed by atoms with Gasteiger partial charge < -0.3 is 0 Å². The monoisotopic (exact) mass is 229 g/mol. The second kappa shape index (κ2) is 5.53. The lowest BCUT2D eigenvalue weighted by Crippen LogP contribution is -2.08. The van der Waals surface area contributed by atoms with Crippen LogP contribution in [0.1, 0.15) is 33.3 Å². The lowest BCUT2D eigenvalue weighted by Gasteiger charge is -2.09. The van der Waals surface area contributed by atoms with Crippen LogP contribution in [-0.4, -0.2) is 17.9 Å². The largest absolute Gasteiger partial charge is 0.282 e. The van der Waals surface area contributed by atoms with E-state index in [1.807, 2.05) is 36.5 Å². The first kappa shape index (κ1) is 13.3. The number of hydrogen-bond acceptors (Lipinski definition) is 1. The summed E-state index contributed by atoms with van der Waals surface area (Å²) in [5.41, 5.74) is 0.837. The molecule has 0 aliphatic heterocycles. The molecule has 0 bridgehead atoms. The van der Waals surface area contributed by atoms with Crippen LogP contribution in [0.4, 0.5) is 0 Å². The highest BCUT2D eigenvalue weighted by atomic mass is 14.9. The van der Waals surface area contributed by atoms with Gasteiger partial charge in [-0.3, -0.25) is 5.41 Å². The summed E-state index contributed by atoms with van der Waals surface area (Å²) in [6, 6.07) is 9.45. The molecule has 17 heavy (non-hydrogen) atoms. The fourth-order valence-electron chi connectivity index (χ4n) is 1.14. The van der Waals surface area contributed by atoms with Gasteiger partial charge in [-0.05, 0) is 12.3 Å². The molecule has 0 aliphatic rings.